The van der Waals surface area contributed by atoms with Crippen LogP contribution in [0.1, 0.15) is 18.8 Å². The van der Waals surface area contributed by atoms with E-state index in [1.807, 2.05) is 44.2 Å². The first-order valence-corrected chi connectivity index (χ1v) is 6.99. The van der Waals surface area contributed by atoms with Gasteiger partial charge in [-0.2, -0.15) is 0 Å². The van der Waals surface area contributed by atoms with Crippen LogP contribution in [0.15, 0.2) is 35.1 Å². The van der Waals surface area contributed by atoms with Crippen molar-refractivity contribution in [3.05, 3.63) is 40.9 Å². The summed E-state index contributed by atoms with van der Waals surface area (Å²) in [5.41, 5.74) is 2.25. The van der Waals surface area contributed by atoms with Crippen LogP contribution in [0.4, 0.5) is 11.4 Å². The number of benzene rings is 1. The van der Waals surface area contributed by atoms with Crippen LogP contribution < -0.4 is 10.2 Å². The fourth-order valence-corrected chi connectivity index (χ4v) is 2.47. The Morgan fingerprint density at radius 2 is 2.11 bits per heavy atom. The van der Waals surface area contributed by atoms with Gasteiger partial charge in [-0.15, -0.1) is 0 Å². The highest BCUT2D eigenvalue weighted by atomic mass is 79.9. The zero-order valence-corrected chi connectivity index (χ0v) is 13.3. The van der Waals surface area contributed by atoms with Gasteiger partial charge in [0.05, 0.1) is 17.4 Å². The molecule has 1 atom stereocenters. The Bertz CT molecular complexity index is 562. The lowest BCUT2D eigenvalue weighted by Gasteiger charge is -2.22. The molecule has 0 bridgehead atoms. The van der Waals surface area contributed by atoms with Crippen LogP contribution in [0.3, 0.4) is 0 Å². The Kier molecular flexibility index (Phi) is 4.14. The van der Waals surface area contributed by atoms with Crippen molar-refractivity contribution in [3.63, 3.8) is 0 Å². The number of imidazole rings is 1. The van der Waals surface area contributed by atoms with Crippen LogP contribution in [0.2, 0.25) is 0 Å². The molecule has 1 N–H and O–H groups in total. The Morgan fingerprint density at radius 3 is 2.68 bits per heavy atom. The predicted octanol–water partition coefficient (Wildman–Crippen LogP) is 3.42. The number of anilines is 2. The quantitative estimate of drug-likeness (QED) is 0.936. The molecule has 5 heteroatoms. The summed E-state index contributed by atoms with van der Waals surface area (Å²) in [7, 11) is 6.09. The van der Waals surface area contributed by atoms with Gasteiger partial charge in [-0.3, -0.25) is 0 Å². The van der Waals surface area contributed by atoms with Gasteiger partial charge >= 0.3 is 0 Å². The summed E-state index contributed by atoms with van der Waals surface area (Å²) in [5.74, 6) is 1.02. The van der Waals surface area contributed by atoms with Gasteiger partial charge in [0.25, 0.3) is 0 Å². The maximum absolute atomic E-state index is 4.38. The molecule has 102 valence electrons. The summed E-state index contributed by atoms with van der Waals surface area (Å²) in [5, 5.41) is 3.52. The first-order chi connectivity index (χ1) is 8.99. The lowest BCUT2D eigenvalue weighted by Crippen LogP contribution is -2.16. The minimum absolute atomic E-state index is 0.146. The van der Waals surface area contributed by atoms with Crippen molar-refractivity contribution < 1.29 is 0 Å². The number of rotatable bonds is 4. The second-order valence-electron chi connectivity index (χ2n) is 4.82. The largest absolute Gasteiger partial charge is 0.376 e. The number of halogens is 1. The molecule has 0 amide bonds. The Hall–Kier alpha value is -1.49. The van der Waals surface area contributed by atoms with E-state index in [4.69, 9.17) is 0 Å². The number of hydrogen-bond donors (Lipinski definition) is 1. The molecule has 0 radical (unpaired) electrons. The van der Waals surface area contributed by atoms with Crippen molar-refractivity contribution in [3.8, 4) is 0 Å². The molecule has 2 aromatic rings. The maximum atomic E-state index is 4.38. The van der Waals surface area contributed by atoms with Gasteiger partial charge in [0, 0.05) is 38.0 Å². The third kappa shape index (κ3) is 3.10. The monoisotopic (exact) mass is 322 g/mol. The second-order valence-corrected chi connectivity index (χ2v) is 5.73. The summed E-state index contributed by atoms with van der Waals surface area (Å²) in [6, 6.07) is 6.38. The van der Waals surface area contributed by atoms with E-state index in [0.29, 0.717) is 0 Å². The van der Waals surface area contributed by atoms with Gasteiger partial charge in [-0.05, 0) is 25.1 Å². The van der Waals surface area contributed by atoms with Gasteiger partial charge in [0.2, 0.25) is 0 Å². The number of aryl methyl sites for hydroxylation is 1. The molecule has 1 heterocycles. The molecule has 1 aromatic heterocycles. The van der Waals surface area contributed by atoms with E-state index in [9.17, 15) is 0 Å². The minimum atomic E-state index is 0.146. The van der Waals surface area contributed by atoms with Crippen LogP contribution >= 0.6 is 15.9 Å². The van der Waals surface area contributed by atoms with Crippen molar-refractivity contribution in [2.75, 3.05) is 24.3 Å². The molecule has 1 aromatic carbocycles. The molecule has 4 nitrogen and oxygen atoms in total. The summed E-state index contributed by atoms with van der Waals surface area (Å²) in [4.78, 5) is 6.48. The molecule has 1 unspecified atom stereocenters. The van der Waals surface area contributed by atoms with Crippen LogP contribution in [-0.4, -0.2) is 23.6 Å². The highest BCUT2D eigenvalue weighted by Gasteiger charge is 2.13. The number of nitrogens with zero attached hydrogens (tertiary/aromatic N) is 3. The van der Waals surface area contributed by atoms with E-state index in [0.717, 1.165) is 21.7 Å². The maximum Gasteiger partial charge on any atom is 0.130 e. The Labute approximate surface area is 122 Å². The number of nitrogens with one attached hydrogen (secondary N) is 1. The molecule has 19 heavy (non-hydrogen) atoms. The first-order valence-electron chi connectivity index (χ1n) is 6.19. The van der Waals surface area contributed by atoms with E-state index in [-0.39, 0.29) is 6.04 Å². The minimum Gasteiger partial charge on any atom is -0.376 e. The van der Waals surface area contributed by atoms with Crippen molar-refractivity contribution in [2.24, 2.45) is 7.05 Å². The highest BCUT2D eigenvalue weighted by molar-refractivity contribution is 9.10. The van der Waals surface area contributed by atoms with Gasteiger partial charge in [0.1, 0.15) is 5.82 Å². The molecule has 0 spiro atoms. The van der Waals surface area contributed by atoms with Crippen molar-refractivity contribution in [1.82, 2.24) is 9.55 Å². The molecule has 0 aliphatic rings. The summed E-state index contributed by atoms with van der Waals surface area (Å²) >= 11 is 3.52. The summed E-state index contributed by atoms with van der Waals surface area (Å²) < 4.78 is 3.10. The molecular formula is C14H19BrN4. The van der Waals surface area contributed by atoms with E-state index < -0.39 is 0 Å². The van der Waals surface area contributed by atoms with Crippen molar-refractivity contribution in [2.45, 2.75) is 13.0 Å². The lowest BCUT2D eigenvalue weighted by atomic mass is 10.2. The van der Waals surface area contributed by atoms with Gasteiger partial charge in [0.15, 0.2) is 0 Å². The second kappa shape index (κ2) is 5.65. The van der Waals surface area contributed by atoms with E-state index in [1.54, 1.807) is 0 Å². The molecule has 0 aliphatic carbocycles. The van der Waals surface area contributed by atoms with Gasteiger partial charge < -0.3 is 14.8 Å². The van der Waals surface area contributed by atoms with Crippen LogP contribution in [0.25, 0.3) is 0 Å². The third-order valence-corrected chi connectivity index (χ3v) is 3.55. The lowest BCUT2D eigenvalue weighted by molar-refractivity contribution is 0.721. The Morgan fingerprint density at radius 1 is 1.37 bits per heavy atom. The fourth-order valence-electron chi connectivity index (χ4n) is 2.11. The highest BCUT2D eigenvalue weighted by Crippen LogP contribution is 2.30. The number of aromatic nitrogens is 2. The first kappa shape index (κ1) is 13.9. The Balaban J connectivity index is 2.28. The van der Waals surface area contributed by atoms with E-state index >= 15 is 0 Å². The average Bonchev–Trinajstić information content (AvgIpc) is 2.75. The van der Waals surface area contributed by atoms with Crippen LogP contribution in [0, 0.1) is 0 Å². The van der Waals surface area contributed by atoms with Crippen molar-refractivity contribution in [1.29, 1.82) is 0 Å². The van der Waals surface area contributed by atoms with Gasteiger partial charge in [-0.1, -0.05) is 15.9 Å². The SMILES string of the molecule is CC(Nc1cc(Br)ccc1N(C)C)c1nccn1C. The zero-order valence-electron chi connectivity index (χ0n) is 11.7. The van der Waals surface area contributed by atoms with Crippen molar-refractivity contribution >= 4 is 27.3 Å². The summed E-state index contributed by atoms with van der Waals surface area (Å²) in [6.07, 6.45) is 3.78. The fraction of sp³-hybridized carbons (Fsp3) is 0.357. The van der Waals surface area contributed by atoms with Crippen LogP contribution in [0.5, 0.6) is 0 Å². The standard InChI is InChI=1S/C14H19BrN4/c1-10(14-16-7-8-19(14)4)17-12-9-11(15)5-6-13(12)18(2)3/h5-10,17H,1-4H3. The van der Waals surface area contributed by atoms with Gasteiger partial charge in [-0.25, -0.2) is 4.98 Å². The summed E-state index contributed by atoms with van der Waals surface area (Å²) in [6.45, 7) is 2.11. The normalized spacial score (nSPS) is 12.3. The van der Waals surface area contributed by atoms with Crippen LogP contribution in [-0.2, 0) is 7.05 Å². The molecule has 0 saturated carbocycles. The molecular weight excluding hydrogens is 304 g/mol. The molecule has 2 rings (SSSR count). The molecule has 0 fully saturated rings. The molecule has 0 saturated heterocycles. The number of hydrogen-bond acceptors (Lipinski definition) is 3. The van der Waals surface area contributed by atoms with E-state index in [2.05, 4.69) is 50.2 Å². The smallest absolute Gasteiger partial charge is 0.130 e. The molecule has 0 aliphatic heterocycles. The average molecular weight is 323 g/mol. The zero-order chi connectivity index (χ0) is 14.0. The topological polar surface area (TPSA) is 33.1 Å². The third-order valence-electron chi connectivity index (χ3n) is 3.06. The van der Waals surface area contributed by atoms with E-state index in [1.165, 1.54) is 0 Å². The predicted molar refractivity (Wildman–Crippen MR) is 83.7 cm³/mol.